The Bertz CT molecular complexity index is 179. The first-order valence-corrected chi connectivity index (χ1v) is 5.04. The van der Waals surface area contributed by atoms with Crippen LogP contribution in [0.5, 0.6) is 0 Å². The monoisotopic (exact) mass is 151 g/mol. The van der Waals surface area contributed by atoms with Gasteiger partial charge < -0.3 is 4.90 Å². The van der Waals surface area contributed by atoms with Gasteiger partial charge in [-0.3, -0.25) is 0 Å². The van der Waals surface area contributed by atoms with E-state index in [4.69, 9.17) is 0 Å². The summed E-state index contributed by atoms with van der Waals surface area (Å²) in [6, 6.07) is 0. The Kier molecular flexibility index (Phi) is 1.07. The second-order valence-corrected chi connectivity index (χ2v) is 4.87. The Hall–Kier alpha value is -0.0400. The van der Waals surface area contributed by atoms with Gasteiger partial charge in [-0.25, -0.2) is 0 Å². The summed E-state index contributed by atoms with van der Waals surface area (Å²) in [4.78, 5) is 2.66. The van der Waals surface area contributed by atoms with E-state index in [2.05, 4.69) is 11.8 Å². The van der Waals surface area contributed by atoms with Crippen LogP contribution < -0.4 is 0 Å². The number of piperidine rings is 3. The Morgan fingerprint density at radius 1 is 1.27 bits per heavy atom. The smallest absolute Gasteiger partial charge is 0.00152 e. The summed E-state index contributed by atoms with van der Waals surface area (Å²) >= 11 is 0. The fourth-order valence-corrected chi connectivity index (χ4v) is 3.76. The molecule has 4 aliphatic rings. The quantitative estimate of drug-likeness (QED) is 0.509. The molecule has 4 fully saturated rings. The summed E-state index contributed by atoms with van der Waals surface area (Å²) in [5, 5.41) is 0. The molecule has 3 aliphatic heterocycles. The maximum Gasteiger partial charge on any atom is 0.00152 e. The molecule has 1 nitrogen and oxygen atoms in total. The van der Waals surface area contributed by atoms with Gasteiger partial charge in [-0.05, 0) is 49.6 Å². The van der Waals surface area contributed by atoms with Gasteiger partial charge in [0.2, 0.25) is 0 Å². The molecule has 1 saturated carbocycles. The molecule has 62 valence electrons. The third-order valence-corrected chi connectivity index (χ3v) is 4.70. The van der Waals surface area contributed by atoms with Gasteiger partial charge in [-0.2, -0.15) is 0 Å². The second kappa shape index (κ2) is 1.82. The predicted molar refractivity (Wildman–Crippen MR) is 45.4 cm³/mol. The van der Waals surface area contributed by atoms with Gasteiger partial charge in [0.1, 0.15) is 0 Å². The van der Waals surface area contributed by atoms with Crippen LogP contribution in [0, 0.1) is 17.3 Å². The van der Waals surface area contributed by atoms with Crippen LogP contribution in [0.3, 0.4) is 0 Å². The van der Waals surface area contributed by atoms with Crippen molar-refractivity contribution in [3.63, 3.8) is 0 Å². The highest BCUT2D eigenvalue weighted by Crippen LogP contribution is 2.60. The number of rotatable bonds is 0. The van der Waals surface area contributed by atoms with E-state index < -0.39 is 0 Å². The number of nitrogens with zero attached hydrogens (tertiary/aromatic N) is 1. The summed E-state index contributed by atoms with van der Waals surface area (Å²) in [6.45, 7) is 6.71. The standard InChI is InChI=1S/C10H17N/c1-8-6-9-7-11-4-2-10(8,9)3-5-11/h8-9H,2-7H2,1H3. The van der Waals surface area contributed by atoms with Crippen molar-refractivity contribution in [2.45, 2.75) is 26.2 Å². The molecule has 1 aliphatic carbocycles. The van der Waals surface area contributed by atoms with E-state index in [1.54, 1.807) is 0 Å². The average molecular weight is 151 g/mol. The number of hydrogen-bond acceptors (Lipinski definition) is 1. The predicted octanol–water partition coefficient (Wildman–Crippen LogP) is 1.74. The molecule has 1 heteroatoms. The van der Waals surface area contributed by atoms with Gasteiger partial charge in [0.05, 0.1) is 0 Å². The van der Waals surface area contributed by atoms with Crippen molar-refractivity contribution in [2.75, 3.05) is 19.6 Å². The van der Waals surface area contributed by atoms with Crippen molar-refractivity contribution in [3.8, 4) is 0 Å². The Balaban J connectivity index is 1.92. The zero-order valence-electron chi connectivity index (χ0n) is 7.34. The van der Waals surface area contributed by atoms with E-state index in [-0.39, 0.29) is 0 Å². The molecule has 0 aromatic heterocycles. The van der Waals surface area contributed by atoms with Crippen molar-refractivity contribution in [1.29, 1.82) is 0 Å². The van der Waals surface area contributed by atoms with Gasteiger partial charge in [0, 0.05) is 6.54 Å². The van der Waals surface area contributed by atoms with Crippen LogP contribution in [0.15, 0.2) is 0 Å². The summed E-state index contributed by atoms with van der Waals surface area (Å²) in [6.07, 6.45) is 4.55. The molecule has 1 spiro atoms. The van der Waals surface area contributed by atoms with Crippen LogP contribution in [0.2, 0.25) is 0 Å². The third kappa shape index (κ3) is 0.618. The summed E-state index contributed by atoms with van der Waals surface area (Å²) in [7, 11) is 0. The lowest BCUT2D eigenvalue weighted by atomic mass is 9.47. The molecule has 2 unspecified atom stereocenters. The summed E-state index contributed by atoms with van der Waals surface area (Å²) in [5.41, 5.74) is 0.842. The van der Waals surface area contributed by atoms with Crippen LogP contribution >= 0.6 is 0 Å². The van der Waals surface area contributed by atoms with Crippen LogP contribution in [-0.4, -0.2) is 24.5 Å². The van der Waals surface area contributed by atoms with E-state index in [1.807, 2.05) is 0 Å². The van der Waals surface area contributed by atoms with Crippen LogP contribution in [0.25, 0.3) is 0 Å². The zero-order valence-corrected chi connectivity index (χ0v) is 7.34. The zero-order chi connectivity index (χ0) is 7.47. The minimum absolute atomic E-state index is 0.842. The number of fused-ring (bicyclic) bond motifs is 2. The Morgan fingerprint density at radius 2 is 2.00 bits per heavy atom. The number of hydrogen-bond donors (Lipinski definition) is 0. The molecule has 2 atom stereocenters. The lowest BCUT2D eigenvalue weighted by Gasteiger charge is -2.64. The van der Waals surface area contributed by atoms with Crippen LogP contribution in [-0.2, 0) is 0 Å². The molecule has 0 aromatic rings. The van der Waals surface area contributed by atoms with E-state index in [0.717, 1.165) is 17.3 Å². The van der Waals surface area contributed by atoms with Crippen molar-refractivity contribution < 1.29 is 0 Å². The normalized spacial score (nSPS) is 60.3. The molecule has 3 saturated heterocycles. The first-order chi connectivity index (χ1) is 5.31. The SMILES string of the molecule is CC1CC2CN3CCC12CC3. The Labute approximate surface area is 68.8 Å². The highest BCUT2D eigenvalue weighted by molar-refractivity contribution is 5.07. The van der Waals surface area contributed by atoms with Gasteiger partial charge >= 0.3 is 0 Å². The van der Waals surface area contributed by atoms with E-state index >= 15 is 0 Å². The van der Waals surface area contributed by atoms with Crippen molar-refractivity contribution in [3.05, 3.63) is 0 Å². The molecular weight excluding hydrogens is 134 g/mol. The van der Waals surface area contributed by atoms with Gasteiger partial charge in [-0.15, -0.1) is 0 Å². The van der Waals surface area contributed by atoms with Crippen LogP contribution in [0.4, 0.5) is 0 Å². The lowest BCUT2D eigenvalue weighted by Crippen LogP contribution is -2.63. The van der Waals surface area contributed by atoms with E-state index in [0.29, 0.717) is 0 Å². The molecule has 3 heterocycles. The van der Waals surface area contributed by atoms with Crippen molar-refractivity contribution >= 4 is 0 Å². The van der Waals surface area contributed by atoms with E-state index in [9.17, 15) is 0 Å². The molecule has 0 radical (unpaired) electrons. The molecule has 2 bridgehead atoms. The molecule has 0 aromatic carbocycles. The van der Waals surface area contributed by atoms with Crippen LogP contribution in [0.1, 0.15) is 26.2 Å². The van der Waals surface area contributed by atoms with Gasteiger partial charge in [0.25, 0.3) is 0 Å². The van der Waals surface area contributed by atoms with Gasteiger partial charge in [0.15, 0.2) is 0 Å². The maximum atomic E-state index is 2.66. The molecule has 11 heavy (non-hydrogen) atoms. The Morgan fingerprint density at radius 3 is 2.45 bits per heavy atom. The van der Waals surface area contributed by atoms with Gasteiger partial charge in [-0.1, -0.05) is 6.92 Å². The first-order valence-electron chi connectivity index (χ1n) is 5.04. The topological polar surface area (TPSA) is 3.24 Å². The molecule has 0 amide bonds. The second-order valence-electron chi connectivity index (χ2n) is 4.87. The first kappa shape index (κ1) is 6.47. The van der Waals surface area contributed by atoms with Crippen molar-refractivity contribution in [1.82, 2.24) is 4.90 Å². The minimum atomic E-state index is 0.842. The minimum Gasteiger partial charge on any atom is -0.303 e. The molecule has 0 N–H and O–H groups in total. The largest absolute Gasteiger partial charge is 0.303 e. The summed E-state index contributed by atoms with van der Waals surface area (Å²) < 4.78 is 0. The summed E-state index contributed by atoms with van der Waals surface area (Å²) in [5.74, 6) is 2.15. The van der Waals surface area contributed by atoms with Crippen molar-refractivity contribution in [2.24, 2.45) is 17.3 Å². The maximum absolute atomic E-state index is 2.66. The molecule has 4 rings (SSSR count). The highest BCUT2D eigenvalue weighted by atomic mass is 15.2. The fourth-order valence-electron chi connectivity index (χ4n) is 3.76. The third-order valence-electron chi connectivity index (χ3n) is 4.70. The van der Waals surface area contributed by atoms with E-state index in [1.165, 1.54) is 38.9 Å². The fraction of sp³-hybridized carbons (Fsp3) is 1.00. The lowest BCUT2D eigenvalue weighted by molar-refractivity contribution is -0.149. The molecular formula is C10H17N. The highest BCUT2D eigenvalue weighted by Gasteiger charge is 2.56. The average Bonchev–Trinajstić information content (AvgIpc) is 2.05.